The summed E-state index contributed by atoms with van der Waals surface area (Å²) in [5.41, 5.74) is 2.76. The van der Waals surface area contributed by atoms with Crippen LogP contribution in [0.3, 0.4) is 0 Å². The van der Waals surface area contributed by atoms with Crippen LogP contribution in [0.5, 0.6) is 0 Å². The van der Waals surface area contributed by atoms with Gasteiger partial charge in [-0.2, -0.15) is 0 Å². The van der Waals surface area contributed by atoms with E-state index in [1.54, 1.807) is 11.0 Å². The van der Waals surface area contributed by atoms with E-state index in [1.807, 2.05) is 49.4 Å². The molecule has 2 amide bonds. The van der Waals surface area contributed by atoms with E-state index in [0.717, 1.165) is 16.7 Å². The van der Waals surface area contributed by atoms with Gasteiger partial charge in [0.1, 0.15) is 6.04 Å². The molecule has 0 bridgehead atoms. The minimum Gasteiger partial charge on any atom is -0.350 e. The van der Waals surface area contributed by atoms with Gasteiger partial charge in [0.05, 0.1) is 6.42 Å². The Kier molecular flexibility index (Phi) is 4.86. The van der Waals surface area contributed by atoms with E-state index in [1.165, 1.54) is 0 Å². The molecule has 1 atom stereocenters. The molecular formula is C19H19ClN2O2. The van der Waals surface area contributed by atoms with Gasteiger partial charge in [-0.05, 0) is 35.7 Å². The summed E-state index contributed by atoms with van der Waals surface area (Å²) in [6.07, 6.45) is 0.349. The van der Waals surface area contributed by atoms with Gasteiger partial charge in [0.15, 0.2) is 0 Å². The summed E-state index contributed by atoms with van der Waals surface area (Å²) in [6.45, 7) is 2.77. The number of nitrogens with one attached hydrogen (secondary N) is 1. The van der Waals surface area contributed by atoms with E-state index in [2.05, 4.69) is 5.32 Å². The maximum absolute atomic E-state index is 12.8. The number of carbonyl (C=O) groups is 2. The molecule has 0 aromatic heterocycles. The molecule has 0 radical (unpaired) electrons. The number of rotatable bonds is 4. The number of nitrogens with zero attached hydrogens (tertiary/aromatic N) is 1. The van der Waals surface area contributed by atoms with Crippen molar-refractivity contribution in [2.24, 2.45) is 0 Å². The lowest BCUT2D eigenvalue weighted by molar-refractivity contribution is -0.141. The second-order valence-corrected chi connectivity index (χ2v) is 6.24. The van der Waals surface area contributed by atoms with Crippen LogP contribution >= 0.6 is 11.6 Å². The number of halogens is 1. The van der Waals surface area contributed by atoms with Crippen LogP contribution in [-0.2, 0) is 22.6 Å². The van der Waals surface area contributed by atoms with Crippen LogP contribution in [0.4, 0.5) is 0 Å². The van der Waals surface area contributed by atoms with Crippen molar-refractivity contribution >= 4 is 23.4 Å². The third kappa shape index (κ3) is 3.29. The van der Waals surface area contributed by atoms with Crippen molar-refractivity contribution in [2.45, 2.75) is 25.9 Å². The maximum Gasteiger partial charge on any atom is 0.247 e. The zero-order valence-corrected chi connectivity index (χ0v) is 14.2. The number of fused-ring (bicyclic) bond motifs is 1. The molecule has 1 aliphatic rings. The monoisotopic (exact) mass is 342 g/mol. The molecule has 0 spiro atoms. The summed E-state index contributed by atoms with van der Waals surface area (Å²) in [5, 5.41) is 3.56. The fourth-order valence-corrected chi connectivity index (χ4v) is 3.33. The Hall–Kier alpha value is -2.33. The molecule has 0 saturated heterocycles. The summed E-state index contributed by atoms with van der Waals surface area (Å²) in [6, 6.07) is 14.4. The van der Waals surface area contributed by atoms with Gasteiger partial charge in [0.2, 0.25) is 11.8 Å². The summed E-state index contributed by atoms with van der Waals surface area (Å²) in [4.78, 5) is 26.8. The second-order valence-electron chi connectivity index (χ2n) is 5.81. The van der Waals surface area contributed by atoms with E-state index in [0.29, 0.717) is 24.5 Å². The minimum absolute atomic E-state index is 0.0147. The van der Waals surface area contributed by atoms with Crippen LogP contribution in [0.25, 0.3) is 0 Å². The quantitative estimate of drug-likeness (QED) is 0.928. The highest BCUT2D eigenvalue weighted by atomic mass is 35.5. The molecule has 4 nitrogen and oxygen atoms in total. The molecule has 0 saturated carbocycles. The third-order valence-corrected chi connectivity index (χ3v) is 4.50. The summed E-state index contributed by atoms with van der Waals surface area (Å²) < 4.78 is 0. The SMILES string of the molecule is CCN1C(=O)Cc2ccccc2C1C(=O)NCc1cccc(Cl)c1. The first-order valence-corrected chi connectivity index (χ1v) is 8.37. The van der Waals surface area contributed by atoms with Crippen LogP contribution in [0.15, 0.2) is 48.5 Å². The lowest BCUT2D eigenvalue weighted by Crippen LogP contribution is -2.47. The lowest BCUT2D eigenvalue weighted by Gasteiger charge is -2.35. The molecule has 2 aromatic carbocycles. The fourth-order valence-electron chi connectivity index (χ4n) is 3.11. The Morgan fingerprint density at radius 3 is 2.79 bits per heavy atom. The molecule has 1 unspecified atom stereocenters. The topological polar surface area (TPSA) is 49.4 Å². The predicted molar refractivity (Wildman–Crippen MR) is 93.6 cm³/mol. The number of benzene rings is 2. The van der Waals surface area contributed by atoms with Crippen molar-refractivity contribution < 1.29 is 9.59 Å². The van der Waals surface area contributed by atoms with Crippen LogP contribution in [0, 0.1) is 0 Å². The molecule has 1 aliphatic heterocycles. The molecule has 124 valence electrons. The highest BCUT2D eigenvalue weighted by Crippen LogP contribution is 2.30. The largest absolute Gasteiger partial charge is 0.350 e. The van der Waals surface area contributed by atoms with E-state index in [-0.39, 0.29) is 11.8 Å². The summed E-state index contributed by atoms with van der Waals surface area (Å²) in [5.74, 6) is -0.184. The number of hydrogen-bond donors (Lipinski definition) is 1. The standard InChI is InChI=1S/C19H19ClN2O2/c1-2-22-17(23)11-14-7-3-4-9-16(14)18(22)19(24)21-12-13-6-5-8-15(20)10-13/h3-10,18H,2,11-12H2,1H3,(H,21,24). The van der Waals surface area contributed by atoms with Gasteiger partial charge in [-0.3, -0.25) is 9.59 Å². The molecule has 0 aliphatic carbocycles. The van der Waals surface area contributed by atoms with Crippen molar-refractivity contribution in [2.75, 3.05) is 6.54 Å². The molecule has 1 N–H and O–H groups in total. The number of carbonyl (C=O) groups excluding carboxylic acids is 2. The second kappa shape index (κ2) is 7.05. The van der Waals surface area contributed by atoms with E-state index in [4.69, 9.17) is 11.6 Å². The highest BCUT2D eigenvalue weighted by Gasteiger charge is 2.35. The first-order chi connectivity index (χ1) is 11.6. The Labute approximate surface area is 146 Å². The molecule has 1 heterocycles. The van der Waals surface area contributed by atoms with Crippen molar-refractivity contribution in [1.29, 1.82) is 0 Å². The van der Waals surface area contributed by atoms with E-state index < -0.39 is 6.04 Å². The van der Waals surface area contributed by atoms with Gasteiger partial charge >= 0.3 is 0 Å². The van der Waals surface area contributed by atoms with Gasteiger partial charge in [0.25, 0.3) is 0 Å². The number of amides is 2. The maximum atomic E-state index is 12.8. The Balaban J connectivity index is 1.82. The fraction of sp³-hybridized carbons (Fsp3) is 0.263. The Bertz CT molecular complexity index is 775. The van der Waals surface area contributed by atoms with Gasteiger partial charge < -0.3 is 10.2 Å². The van der Waals surface area contributed by atoms with Crippen molar-refractivity contribution in [3.8, 4) is 0 Å². The minimum atomic E-state index is -0.577. The van der Waals surface area contributed by atoms with Gasteiger partial charge in [-0.15, -0.1) is 0 Å². The molecule has 3 rings (SSSR count). The first kappa shape index (κ1) is 16.5. The van der Waals surface area contributed by atoms with E-state index in [9.17, 15) is 9.59 Å². The zero-order valence-electron chi connectivity index (χ0n) is 13.5. The molecule has 0 fully saturated rings. The summed E-state index contributed by atoms with van der Waals surface area (Å²) in [7, 11) is 0. The van der Waals surface area contributed by atoms with Crippen molar-refractivity contribution in [1.82, 2.24) is 10.2 Å². The lowest BCUT2D eigenvalue weighted by atomic mass is 9.91. The van der Waals surface area contributed by atoms with Crippen LogP contribution in [0.2, 0.25) is 5.02 Å². The first-order valence-electron chi connectivity index (χ1n) is 7.99. The zero-order chi connectivity index (χ0) is 17.1. The van der Waals surface area contributed by atoms with Gasteiger partial charge in [-0.1, -0.05) is 48.0 Å². The molecule has 5 heteroatoms. The predicted octanol–water partition coefficient (Wildman–Crippen LogP) is 3.10. The Morgan fingerprint density at radius 1 is 1.25 bits per heavy atom. The van der Waals surface area contributed by atoms with Crippen LogP contribution in [-0.4, -0.2) is 23.3 Å². The van der Waals surface area contributed by atoms with Crippen LogP contribution < -0.4 is 5.32 Å². The van der Waals surface area contributed by atoms with Crippen LogP contribution in [0.1, 0.15) is 29.7 Å². The van der Waals surface area contributed by atoms with E-state index >= 15 is 0 Å². The van der Waals surface area contributed by atoms with Gasteiger partial charge in [-0.25, -0.2) is 0 Å². The average molecular weight is 343 g/mol. The number of hydrogen-bond acceptors (Lipinski definition) is 2. The molecule has 24 heavy (non-hydrogen) atoms. The Morgan fingerprint density at radius 2 is 2.04 bits per heavy atom. The molecule has 2 aromatic rings. The molecular weight excluding hydrogens is 324 g/mol. The third-order valence-electron chi connectivity index (χ3n) is 4.27. The normalized spacial score (nSPS) is 16.7. The highest BCUT2D eigenvalue weighted by molar-refractivity contribution is 6.30. The van der Waals surface area contributed by atoms with Crippen molar-refractivity contribution in [3.05, 3.63) is 70.2 Å². The smallest absolute Gasteiger partial charge is 0.247 e. The van der Waals surface area contributed by atoms with Gasteiger partial charge in [0, 0.05) is 18.1 Å². The summed E-state index contributed by atoms with van der Waals surface area (Å²) >= 11 is 5.97. The van der Waals surface area contributed by atoms with Crippen molar-refractivity contribution in [3.63, 3.8) is 0 Å². The number of likely N-dealkylation sites (N-methyl/N-ethyl adjacent to an activating group) is 1. The average Bonchev–Trinajstić information content (AvgIpc) is 2.58.